The minimum atomic E-state index is -0.306. The van der Waals surface area contributed by atoms with Crippen molar-refractivity contribution in [2.45, 2.75) is 32.6 Å². The fraction of sp³-hybridized carbons (Fsp3) is 0.227. The van der Waals surface area contributed by atoms with Gasteiger partial charge >= 0.3 is 0 Å². The van der Waals surface area contributed by atoms with E-state index in [0.717, 1.165) is 12.0 Å². The summed E-state index contributed by atoms with van der Waals surface area (Å²) in [7, 11) is 0. The highest BCUT2D eigenvalue weighted by atomic mass is 16.3. The maximum absolute atomic E-state index is 6.34. The zero-order valence-corrected chi connectivity index (χ0v) is 15.8. The first-order valence-corrected chi connectivity index (χ1v) is 9.45. The van der Waals surface area contributed by atoms with Crippen molar-refractivity contribution in [1.29, 1.82) is 0 Å². The standard InChI is InChI=1S/C22H22N5O/c1-2-3-4-6-17-8-10-18(11-9-17)12-13-19-16-27(23)21(15-24-19)25-22(26-27)20-7-5-14-28-20/h5,7-11,14-16H,2-4,6,23H2,1H3/q+1. The number of amidine groups is 2. The van der Waals surface area contributed by atoms with Gasteiger partial charge in [-0.25, -0.2) is 4.99 Å². The van der Waals surface area contributed by atoms with Gasteiger partial charge in [0.05, 0.1) is 6.26 Å². The number of fused-ring (bicyclic) bond motifs is 1. The molecule has 0 bridgehead atoms. The number of unbranched alkanes of at least 4 members (excludes halogenated alkanes) is 2. The third kappa shape index (κ3) is 3.86. The predicted molar refractivity (Wildman–Crippen MR) is 110 cm³/mol. The average molecular weight is 372 g/mol. The van der Waals surface area contributed by atoms with Gasteiger partial charge in [-0.1, -0.05) is 37.8 Å². The Hall–Kier alpha value is -3.27. The van der Waals surface area contributed by atoms with E-state index in [0.29, 0.717) is 23.1 Å². The second kappa shape index (κ2) is 7.77. The Balaban J connectivity index is 1.49. The summed E-state index contributed by atoms with van der Waals surface area (Å²) >= 11 is 0. The molecule has 2 N–H and O–H groups in total. The van der Waals surface area contributed by atoms with Crippen molar-refractivity contribution in [3.8, 4) is 11.8 Å². The van der Waals surface area contributed by atoms with Gasteiger partial charge in [0.1, 0.15) is 6.21 Å². The summed E-state index contributed by atoms with van der Waals surface area (Å²) < 4.78 is 5.04. The quantitative estimate of drug-likeness (QED) is 0.375. The van der Waals surface area contributed by atoms with Gasteiger partial charge in [0.2, 0.25) is 0 Å². The molecule has 0 aliphatic carbocycles. The molecular formula is C22H22N5O+. The third-order valence-corrected chi connectivity index (χ3v) is 4.59. The van der Waals surface area contributed by atoms with Crippen molar-refractivity contribution in [1.82, 2.24) is 0 Å². The second-order valence-corrected chi connectivity index (χ2v) is 6.79. The van der Waals surface area contributed by atoms with Gasteiger partial charge in [-0.15, -0.1) is 5.84 Å². The third-order valence-electron chi connectivity index (χ3n) is 4.59. The van der Waals surface area contributed by atoms with E-state index in [9.17, 15) is 0 Å². The van der Waals surface area contributed by atoms with Crippen LogP contribution in [0.3, 0.4) is 0 Å². The second-order valence-electron chi connectivity index (χ2n) is 6.79. The van der Waals surface area contributed by atoms with Gasteiger partial charge < -0.3 is 4.42 Å². The van der Waals surface area contributed by atoms with Gasteiger partial charge in [0, 0.05) is 5.56 Å². The van der Waals surface area contributed by atoms with Crippen LogP contribution in [-0.4, -0.2) is 22.6 Å². The lowest BCUT2D eigenvalue weighted by atomic mass is 10.1. The maximum Gasteiger partial charge on any atom is 0.300 e. The van der Waals surface area contributed by atoms with E-state index in [2.05, 4.69) is 46.0 Å². The number of rotatable bonds is 5. The van der Waals surface area contributed by atoms with Crippen LogP contribution >= 0.6 is 0 Å². The number of nitrogens with two attached hydrogens (primary N) is 1. The molecule has 1 aromatic heterocycles. The Kier molecular flexibility index (Phi) is 5.02. The summed E-state index contributed by atoms with van der Waals surface area (Å²) in [6, 6.07) is 11.9. The van der Waals surface area contributed by atoms with E-state index >= 15 is 0 Å². The molecule has 140 valence electrons. The van der Waals surface area contributed by atoms with Crippen LogP contribution in [0.2, 0.25) is 0 Å². The average Bonchev–Trinajstić information content (AvgIpc) is 3.34. The van der Waals surface area contributed by atoms with Crippen LogP contribution in [0.5, 0.6) is 0 Å². The Morgan fingerprint density at radius 2 is 1.96 bits per heavy atom. The van der Waals surface area contributed by atoms with Gasteiger partial charge in [-0.3, -0.25) is 0 Å². The van der Waals surface area contributed by atoms with Crippen LogP contribution in [0.25, 0.3) is 0 Å². The molecule has 4 rings (SSSR count). The highest BCUT2D eigenvalue weighted by Crippen LogP contribution is 2.21. The van der Waals surface area contributed by atoms with E-state index in [1.54, 1.807) is 30.8 Å². The van der Waals surface area contributed by atoms with Gasteiger partial charge in [-0.2, -0.15) is 4.99 Å². The molecule has 0 saturated carbocycles. The van der Waals surface area contributed by atoms with E-state index in [1.165, 1.54) is 24.8 Å². The molecule has 2 aromatic rings. The molecule has 1 unspecified atom stereocenters. The highest BCUT2D eigenvalue weighted by molar-refractivity contribution is 6.31. The highest BCUT2D eigenvalue weighted by Gasteiger charge is 2.39. The van der Waals surface area contributed by atoms with Crippen molar-refractivity contribution in [2.75, 3.05) is 0 Å². The number of aryl methyl sites for hydroxylation is 1. The summed E-state index contributed by atoms with van der Waals surface area (Å²) in [5.41, 5.74) is 2.84. The van der Waals surface area contributed by atoms with Crippen LogP contribution in [0.1, 0.15) is 43.1 Å². The number of quaternary nitrogens is 1. The molecule has 0 saturated heterocycles. The lowest BCUT2D eigenvalue weighted by Crippen LogP contribution is -2.50. The van der Waals surface area contributed by atoms with Crippen molar-refractivity contribution >= 4 is 17.9 Å². The molecule has 6 nitrogen and oxygen atoms in total. The SMILES string of the molecule is CCCCCc1ccc(C#CC2=C[N+]3(N)N=C(c4ccco4)N=C3C=N2)cc1. The largest absolute Gasteiger partial charge is 0.461 e. The van der Waals surface area contributed by atoms with E-state index < -0.39 is 0 Å². The monoisotopic (exact) mass is 372 g/mol. The molecule has 0 radical (unpaired) electrons. The van der Waals surface area contributed by atoms with E-state index in [1.807, 2.05) is 12.1 Å². The van der Waals surface area contributed by atoms with Crippen LogP contribution in [0.4, 0.5) is 0 Å². The Morgan fingerprint density at radius 3 is 2.71 bits per heavy atom. The first-order chi connectivity index (χ1) is 13.7. The van der Waals surface area contributed by atoms with Crippen molar-refractivity contribution in [3.05, 3.63) is 71.4 Å². The molecule has 2 aliphatic heterocycles. The Morgan fingerprint density at radius 1 is 1.11 bits per heavy atom. The minimum absolute atomic E-state index is 0.306. The van der Waals surface area contributed by atoms with Crippen LogP contribution < -0.4 is 5.84 Å². The Bertz CT molecular complexity index is 1030. The van der Waals surface area contributed by atoms with Gasteiger partial charge in [0.15, 0.2) is 17.7 Å². The normalized spacial score (nSPS) is 20.0. The van der Waals surface area contributed by atoms with Crippen molar-refractivity contribution in [2.24, 2.45) is 20.9 Å². The number of nitrogens with zero attached hydrogens (tertiary/aromatic N) is 4. The molecule has 1 aromatic carbocycles. The molecular weight excluding hydrogens is 350 g/mol. The molecule has 2 aliphatic rings. The number of aliphatic imine (C=N–C) groups is 2. The topological polar surface area (TPSA) is 76.2 Å². The van der Waals surface area contributed by atoms with Crippen molar-refractivity contribution < 1.29 is 9.12 Å². The number of furan rings is 1. The molecule has 1 atom stereocenters. The zero-order valence-electron chi connectivity index (χ0n) is 15.8. The summed E-state index contributed by atoms with van der Waals surface area (Å²) in [6.45, 7) is 2.22. The number of benzene rings is 1. The van der Waals surface area contributed by atoms with Gasteiger partial charge in [0.25, 0.3) is 11.7 Å². The number of hydrogen-bond donors (Lipinski definition) is 1. The summed E-state index contributed by atoms with van der Waals surface area (Å²) in [5, 5.41) is 4.44. The van der Waals surface area contributed by atoms with Gasteiger partial charge in [-0.05, 0) is 58.4 Å². The molecule has 28 heavy (non-hydrogen) atoms. The molecule has 0 spiro atoms. The molecule has 6 heteroatoms. The van der Waals surface area contributed by atoms with Crippen LogP contribution in [-0.2, 0) is 6.42 Å². The van der Waals surface area contributed by atoms with Crippen molar-refractivity contribution in [3.63, 3.8) is 0 Å². The van der Waals surface area contributed by atoms with E-state index in [4.69, 9.17) is 10.3 Å². The predicted octanol–water partition coefficient (Wildman–Crippen LogP) is 3.75. The summed E-state index contributed by atoms with van der Waals surface area (Å²) in [4.78, 5) is 8.74. The number of allylic oxidation sites excluding steroid dienone is 1. The molecule has 3 heterocycles. The smallest absolute Gasteiger partial charge is 0.300 e. The Labute approximate surface area is 164 Å². The first-order valence-electron chi connectivity index (χ1n) is 9.45. The first kappa shape index (κ1) is 18.1. The summed E-state index contributed by atoms with van der Waals surface area (Å²) in [6.07, 6.45) is 9.70. The zero-order chi connectivity index (χ0) is 19.4. The lowest BCUT2D eigenvalue weighted by Gasteiger charge is -2.17. The maximum atomic E-state index is 6.34. The molecule has 0 amide bonds. The fourth-order valence-corrected chi connectivity index (χ4v) is 3.03. The number of hydrogen-bond acceptors (Lipinski definition) is 5. The minimum Gasteiger partial charge on any atom is -0.461 e. The molecule has 0 fully saturated rings. The lowest BCUT2D eigenvalue weighted by molar-refractivity contribution is -0.803. The van der Waals surface area contributed by atoms with Crippen LogP contribution in [0, 0.1) is 11.8 Å². The van der Waals surface area contributed by atoms with E-state index in [-0.39, 0.29) is 4.70 Å². The fourth-order valence-electron chi connectivity index (χ4n) is 3.03. The van der Waals surface area contributed by atoms with Crippen LogP contribution in [0.15, 0.2) is 74.1 Å². The summed E-state index contributed by atoms with van der Waals surface area (Å²) in [5.74, 6) is 14.1.